The number of esters is 1. The molecule has 0 unspecified atom stereocenters. The smallest absolute Gasteiger partial charge is 0.328 e. The second kappa shape index (κ2) is 11.6. The van der Waals surface area contributed by atoms with E-state index in [1.165, 1.54) is 7.11 Å². The Bertz CT molecular complexity index is 1050. The molecule has 0 aliphatic rings. The molecule has 5 nitrogen and oxygen atoms in total. The molecule has 0 aliphatic heterocycles. The van der Waals surface area contributed by atoms with E-state index < -0.39 is 24.0 Å². The number of aliphatic imine (C=N–C) groups is 1. The summed E-state index contributed by atoms with van der Waals surface area (Å²) in [6.45, 7) is 5.57. The predicted octanol–water partition coefficient (Wildman–Crippen LogP) is 4.54. The fraction of sp³-hybridized carbons (Fsp3) is 0.179. The molecule has 168 valence electrons. The van der Waals surface area contributed by atoms with Crippen LogP contribution in [0.2, 0.25) is 0 Å². The minimum Gasteiger partial charge on any atom is -0.467 e. The molecule has 0 heterocycles. The quantitative estimate of drug-likeness (QED) is 0.302. The normalized spacial score (nSPS) is 13.2. The van der Waals surface area contributed by atoms with E-state index in [0.29, 0.717) is 5.71 Å². The van der Waals surface area contributed by atoms with E-state index in [-0.39, 0.29) is 5.91 Å². The molecule has 0 bridgehead atoms. The van der Waals surface area contributed by atoms with E-state index >= 15 is 0 Å². The predicted molar refractivity (Wildman–Crippen MR) is 131 cm³/mol. The van der Waals surface area contributed by atoms with E-state index in [1.807, 2.05) is 91.0 Å². The second-order valence-electron chi connectivity index (χ2n) is 7.58. The first-order valence-electron chi connectivity index (χ1n) is 10.8. The maximum absolute atomic E-state index is 13.5. The zero-order valence-corrected chi connectivity index (χ0v) is 18.8. The Balaban J connectivity index is 2.13. The van der Waals surface area contributed by atoms with Crippen LogP contribution in [0.1, 0.15) is 29.5 Å². The number of ether oxygens (including phenoxy) is 1. The van der Waals surface area contributed by atoms with Crippen molar-refractivity contribution in [1.82, 2.24) is 5.32 Å². The van der Waals surface area contributed by atoms with Crippen LogP contribution in [0.25, 0.3) is 0 Å². The SMILES string of the molecule is C=C[C@@H](c1ccccc1)[C@H](N=C(c1ccccc1)c1ccccc1)C(=O)N[C@@H](C)C(=O)OC. The third-order valence-corrected chi connectivity index (χ3v) is 5.32. The van der Waals surface area contributed by atoms with Gasteiger partial charge in [0, 0.05) is 17.0 Å². The molecule has 0 radical (unpaired) electrons. The number of nitrogens with one attached hydrogen (secondary N) is 1. The highest BCUT2D eigenvalue weighted by molar-refractivity contribution is 6.13. The van der Waals surface area contributed by atoms with Crippen molar-refractivity contribution in [3.8, 4) is 0 Å². The minimum absolute atomic E-state index is 0.383. The summed E-state index contributed by atoms with van der Waals surface area (Å²) in [6, 6.07) is 27.4. The zero-order chi connectivity index (χ0) is 23.6. The number of carbonyl (C=O) groups excluding carboxylic acids is 2. The van der Waals surface area contributed by atoms with Gasteiger partial charge in [-0.15, -0.1) is 6.58 Å². The molecule has 1 N–H and O–H groups in total. The van der Waals surface area contributed by atoms with Gasteiger partial charge in [-0.3, -0.25) is 9.79 Å². The monoisotopic (exact) mass is 440 g/mol. The van der Waals surface area contributed by atoms with Gasteiger partial charge in [0.15, 0.2) is 0 Å². The summed E-state index contributed by atoms with van der Waals surface area (Å²) < 4.78 is 4.77. The molecule has 0 saturated heterocycles. The van der Waals surface area contributed by atoms with Gasteiger partial charge in [0.05, 0.1) is 12.8 Å². The molecule has 3 aromatic rings. The number of hydrogen-bond donors (Lipinski definition) is 1. The third-order valence-electron chi connectivity index (χ3n) is 5.32. The molecule has 33 heavy (non-hydrogen) atoms. The largest absolute Gasteiger partial charge is 0.467 e. The van der Waals surface area contributed by atoms with Crippen molar-refractivity contribution >= 4 is 17.6 Å². The first-order valence-corrected chi connectivity index (χ1v) is 10.8. The molecule has 3 rings (SSSR count). The number of amides is 1. The molecule has 3 atom stereocenters. The van der Waals surface area contributed by atoms with Crippen LogP contribution in [0.15, 0.2) is 109 Å². The first-order chi connectivity index (χ1) is 16.0. The van der Waals surface area contributed by atoms with Crippen molar-refractivity contribution in [2.24, 2.45) is 4.99 Å². The van der Waals surface area contributed by atoms with Crippen LogP contribution < -0.4 is 5.32 Å². The molecule has 3 aromatic carbocycles. The standard InChI is InChI=1S/C28H28N2O3/c1-4-24(21-14-8-5-9-15-21)26(27(31)29-20(2)28(32)33-3)30-25(22-16-10-6-11-17-22)23-18-12-7-13-19-23/h4-20,24,26H,1H2,2-3H3,(H,29,31)/t20-,24-,26-/m0/s1. The molecule has 0 saturated carbocycles. The molecule has 1 amide bonds. The Morgan fingerprint density at radius 3 is 1.82 bits per heavy atom. The van der Waals surface area contributed by atoms with Gasteiger partial charge in [0.25, 0.3) is 0 Å². The van der Waals surface area contributed by atoms with Crippen molar-refractivity contribution in [2.45, 2.75) is 24.9 Å². The molecule has 0 aromatic heterocycles. The van der Waals surface area contributed by atoms with Crippen molar-refractivity contribution < 1.29 is 14.3 Å². The topological polar surface area (TPSA) is 67.8 Å². The number of methoxy groups -OCH3 is 1. The lowest BCUT2D eigenvalue weighted by Crippen LogP contribution is -2.45. The molecule has 5 heteroatoms. The Kier molecular flexibility index (Phi) is 8.30. The summed E-state index contributed by atoms with van der Waals surface area (Å²) in [7, 11) is 1.29. The van der Waals surface area contributed by atoms with Crippen LogP contribution in [0, 0.1) is 0 Å². The van der Waals surface area contributed by atoms with Crippen LogP contribution in [0.3, 0.4) is 0 Å². The average molecular weight is 441 g/mol. The molecule has 0 spiro atoms. The zero-order valence-electron chi connectivity index (χ0n) is 18.8. The summed E-state index contributed by atoms with van der Waals surface area (Å²) >= 11 is 0. The molecular formula is C28H28N2O3. The fourth-order valence-corrected chi connectivity index (χ4v) is 3.61. The maximum Gasteiger partial charge on any atom is 0.328 e. The lowest BCUT2D eigenvalue weighted by atomic mass is 9.90. The van der Waals surface area contributed by atoms with Crippen molar-refractivity contribution in [1.29, 1.82) is 0 Å². The summed E-state index contributed by atoms with van der Waals surface area (Å²) in [5.41, 5.74) is 3.37. The summed E-state index contributed by atoms with van der Waals surface area (Å²) in [5.74, 6) is -1.31. The van der Waals surface area contributed by atoms with Gasteiger partial charge in [0.2, 0.25) is 5.91 Å². The lowest BCUT2D eigenvalue weighted by Gasteiger charge is -2.24. The van der Waals surface area contributed by atoms with E-state index in [9.17, 15) is 9.59 Å². The van der Waals surface area contributed by atoms with Crippen LogP contribution in [-0.2, 0) is 14.3 Å². The van der Waals surface area contributed by atoms with Crippen LogP contribution >= 0.6 is 0 Å². The van der Waals surface area contributed by atoms with E-state index in [1.54, 1.807) is 13.0 Å². The highest BCUT2D eigenvalue weighted by atomic mass is 16.5. The highest BCUT2D eigenvalue weighted by Gasteiger charge is 2.30. The second-order valence-corrected chi connectivity index (χ2v) is 7.58. The summed E-state index contributed by atoms with van der Waals surface area (Å²) in [5, 5.41) is 2.76. The van der Waals surface area contributed by atoms with Crippen LogP contribution in [-0.4, -0.2) is 36.8 Å². The van der Waals surface area contributed by atoms with Gasteiger partial charge >= 0.3 is 5.97 Å². The summed E-state index contributed by atoms with van der Waals surface area (Å²) in [4.78, 5) is 30.4. The Labute approximate surface area is 194 Å². The molecular weight excluding hydrogens is 412 g/mol. The number of rotatable bonds is 9. The van der Waals surface area contributed by atoms with Gasteiger partial charge in [-0.25, -0.2) is 4.79 Å². The Morgan fingerprint density at radius 1 is 0.879 bits per heavy atom. The maximum atomic E-state index is 13.5. The number of nitrogens with zero attached hydrogens (tertiary/aromatic N) is 1. The van der Waals surface area contributed by atoms with Gasteiger partial charge in [0.1, 0.15) is 12.1 Å². The number of benzene rings is 3. The fourth-order valence-electron chi connectivity index (χ4n) is 3.61. The highest BCUT2D eigenvalue weighted by Crippen LogP contribution is 2.25. The van der Waals surface area contributed by atoms with Crippen molar-refractivity contribution in [2.75, 3.05) is 7.11 Å². The number of carbonyl (C=O) groups is 2. The minimum atomic E-state index is -0.854. The number of hydrogen-bond acceptors (Lipinski definition) is 4. The first kappa shape index (κ1) is 23.7. The Morgan fingerprint density at radius 2 is 1.36 bits per heavy atom. The van der Waals surface area contributed by atoms with Crippen LogP contribution in [0.4, 0.5) is 0 Å². The van der Waals surface area contributed by atoms with Crippen molar-refractivity contribution in [3.63, 3.8) is 0 Å². The Hall–Kier alpha value is -3.99. The van der Waals surface area contributed by atoms with Gasteiger partial charge in [-0.1, -0.05) is 97.1 Å². The van der Waals surface area contributed by atoms with Gasteiger partial charge in [-0.05, 0) is 12.5 Å². The van der Waals surface area contributed by atoms with E-state index in [2.05, 4.69) is 11.9 Å². The van der Waals surface area contributed by atoms with Crippen LogP contribution in [0.5, 0.6) is 0 Å². The van der Waals surface area contributed by atoms with Gasteiger partial charge < -0.3 is 10.1 Å². The van der Waals surface area contributed by atoms with Crippen molar-refractivity contribution in [3.05, 3.63) is 120 Å². The third kappa shape index (κ3) is 6.04. The average Bonchev–Trinajstić information content (AvgIpc) is 2.87. The van der Waals surface area contributed by atoms with E-state index in [4.69, 9.17) is 9.73 Å². The molecule has 0 fully saturated rings. The van der Waals surface area contributed by atoms with Gasteiger partial charge in [-0.2, -0.15) is 0 Å². The lowest BCUT2D eigenvalue weighted by molar-refractivity contribution is -0.144. The summed E-state index contributed by atoms with van der Waals surface area (Å²) in [6.07, 6.45) is 1.72. The molecule has 0 aliphatic carbocycles. The van der Waals surface area contributed by atoms with E-state index in [0.717, 1.165) is 16.7 Å².